The second kappa shape index (κ2) is 8.19. The third kappa shape index (κ3) is 4.73. The van der Waals surface area contributed by atoms with E-state index in [4.69, 9.17) is 27.9 Å². The van der Waals surface area contributed by atoms with Gasteiger partial charge in [-0.3, -0.25) is 4.79 Å². The normalized spacial score (nSPS) is 11.6. The molecular weight excluding hydrogens is 385 g/mol. The van der Waals surface area contributed by atoms with Gasteiger partial charge in [-0.15, -0.1) is 0 Å². The first-order valence-corrected chi connectivity index (χ1v) is 9.57. The molecule has 0 aliphatic rings. The molecule has 0 N–H and O–H groups in total. The molecule has 0 unspecified atom stereocenters. The third-order valence-corrected chi connectivity index (χ3v) is 6.01. The Labute approximate surface area is 157 Å². The molecule has 134 valence electrons. The second-order valence-electron chi connectivity index (χ2n) is 5.31. The summed E-state index contributed by atoms with van der Waals surface area (Å²) < 4.78 is 31.7. The maximum absolute atomic E-state index is 12.5. The average molecular weight is 402 g/mol. The van der Waals surface area contributed by atoms with E-state index in [1.54, 1.807) is 18.2 Å². The largest absolute Gasteiger partial charge is 0.489 e. The van der Waals surface area contributed by atoms with Crippen LogP contribution in [0.15, 0.2) is 47.4 Å². The number of benzene rings is 2. The smallest absolute Gasteiger partial charge is 0.242 e. The van der Waals surface area contributed by atoms with E-state index in [2.05, 4.69) is 0 Å². The monoisotopic (exact) mass is 401 g/mol. The number of likely N-dealkylation sites (N-methyl/N-ethyl adjacent to an activating group) is 1. The highest BCUT2D eigenvalue weighted by Crippen LogP contribution is 2.32. The zero-order valence-corrected chi connectivity index (χ0v) is 16.0. The Hall–Kier alpha value is -1.60. The highest BCUT2D eigenvalue weighted by Gasteiger charge is 2.21. The lowest BCUT2D eigenvalue weighted by Crippen LogP contribution is -2.31. The topological polar surface area (TPSA) is 63.7 Å². The summed E-state index contributed by atoms with van der Waals surface area (Å²) in [4.78, 5) is 11.4. The molecule has 0 amide bonds. The number of hydrogen-bond donors (Lipinski definition) is 0. The van der Waals surface area contributed by atoms with E-state index in [0.29, 0.717) is 21.4 Å². The SMILES string of the molecule is CC(=O)c1ccc(S(=O)(=O)N(C)CCOc2c(Cl)cccc2Cl)cc1. The van der Waals surface area contributed by atoms with Crippen LogP contribution in [0.2, 0.25) is 10.0 Å². The Morgan fingerprint density at radius 3 is 2.16 bits per heavy atom. The maximum Gasteiger partial charge on any atom is 0.242 e. The fourth-order valence-electron chi connectivity index (χ4n) is 2.06. The van der Waals surface area contributed by atoms with E-state index in [0.717, 1.165) is 0 Å². The minimum absolute atomic E-state index is 0.0880. The zero-order chi connectivity index (χ0) is 18.6. The number of carbonyl (C=O) groups excluding carboxylic acids is 1. The molecule has 0 aromatic heterocycles. The third-order valence-electron chi connectivity index (χ3n) is 3.54. The van der Waals surface area contributed by atoms with Crippen molar-refractivity contribution in [1.29, 1.82) is 0 Å². The molecule has 2 aromatic rings. The standard InChI is InChI=1S/C17H17Cl2NO4S/c1-12(21)13-6-8-14(9-7-13)25(22,23)20(2)10-11-24-17-15(18)4-3-5-16(17)19/h3-9H,10-11H2,1-2H3. The van der Waals surface area contributed by atoms with Gasteiger partial charge in [0, 0.05) is 19.2 Å². The van der Waals surface area contributed by atoms with Crippen molar-refractivity contribution in [2.45, 2.75) is 11.8 Å². The van der Waals surface area contributed by atoms with E-state index < -0.39 is 10.0 Å². The fourth-order valence-corrected chi connectivity index (χ4v) is 3.72. The van der Waals surface area contributed by atoms with Gasteiger partial charge in [-0.25, -0.2) is 8.42 Å². The molecule has 0 bridgehead atoms. The summed E-state index contributed by atoms with van der Waals surface area (Å²) in [6.45, 7) is 1.62. The minimum atomic E-state index is -3.68. The first-order valence-electron chi connectivity index (χ1n) is 7.37. The van der Waals surface area contributed by atoms with Crippen LogP contribution in [0.5, 0.6) is 5.75 Å². The molecule has 0 heterocycles. The summed E-state index contributed by atoms with van der Waals surface area (Å²) in [5.41, 5.74) is 0.457. The van der Waals surface area contributed by atoms with Crippen LogP contribution < -0.4 is 4.74 Å². The van der Waals surface area contributed by atoms with E-state index in [9.17, 15) is 13.2 Å². The molecule has 25 heavy (non-hydrogen) atoms. The van der Waals surface area contributed by atoms with Crippen LogP contribution in [0, 0.1) is 0 Å². The highest BCUT2D eigenvalue weighted by molar-refractivity contribution is 7.89. The van der Waals surface area contributed by atoms with Crippen molar-refractivity contribution in [2.24, 2.45) is 0 Å². The molecule has 0 spiro atoms. The van der Waals surface area contributed by atoms with Gasteiger partial charge >= 0.3 is 0 Å². The van der Waals surface area contributed by atoms with Crippen LogP contribution in [0.4, 0.5) is 0 Å². The number of Topliss-reactive ketones (excluding diaryl/α,β-unsaturated/α-hetero) is 1. The Balaban J connectivity index is 2.04. The van der Waals surface area contributed by atoms with Crippen molar-refractivity contribution in [3.8, 4) is 5.75 Å². The predicted octanol–water partition coefficient (Wildman–Crippen LogP) is 3.90. The lowest BCUT2D eigenvalue weighted by Gasteiger charge is -2.18. The molecule has 2 aromatic carbocycles. The van der Waals surface area contributed by atoms with Crippen molar-refractivity contribution in [2.75, 3.05) is 20.2 Å². The van der Waals surface area contributed by atoms with Gasteiger partial charge in [-0.1, -0.05) is 41.4 Å². The number of halogens is 2. The van der Waals surface area contributed by atoms with Gasteiger partial charge in [0.05, 0.1) is 14.9 Å². The number of hydrogen-bond acceptors (Lipinski definition) is 4. The number of ether oxygens (including phenoxy) is 1. The molecule has 0 saturated carbocycles. The molecule has 2 rings (SSSR count). The average Bonchev–Trinajstić information content (AvgIpc) is 2.57. The number of ketones is 1. The van der Waals surface area contributed by atoms with Crippen molar-refractivity contribution in [3.63, 3.8) is 0 Å². The Morgan fingerprint density at radius 1 is 1.08 bits per heavy atom. The first kappa shape index (κ1) is 19.7. The number of carbonyl (C=O) groups is 1. The lowest BCUT2D eigenvalue weighted by atomic mass is 10.2. The summed E-state index contributed by atoms with van der Waals surface area (Å²) in [6.07, 6.45) is 0. The van der Waals surface area contributed by atoms with Crippen molar-refractivity contribution in [3.05, 3.63) is 58.1 Å². The van der Waals surface area contributed by atoms with Crippen LogP contribution >= 0.6 is 23.2 Å². The van der Waals surface area contributed by atoms with Crippen LogP contribution in [-0.2, 0) is 10.0 Å². The van der Waals surface area contributed by atoms with Gasteiger partial charge in [0.1, 0.15) is 6.61 Å². The summed E-state index contributed by atoms with van der Waals surface area (Å²) in [7, 11) is -2.23. The van der Waals surface area contributed by atoms with E-state index in [1.165, 1.54) is 42.5 Å². The van der Waals surface area contributed by atoms with Crippen molar-refractivity contribution >= 4 is 39.0 Å². The van der Waals surface area contributed by atoms with Crippen LogP contribution in [-0.4, -0.2) is 38.7 Å². The molecule has 0 radical (unpaired) electrons. The Kier molecular flexibility index (Phi) is 6.46. The fraction of sp³-hybridized carbons (Fsp3) is 0.235. The van der Waals surface area contributed by atoms with Crippen molar-refractivity contribution in [1.82, 2.24) is 4.31 Å². The quantitative estimate of drug-likeness (QED) is 0.659. The Morgan fingerprint density at radius 2 is 1.64 bits per heavy atom. The number of sulfonamides is 1. The van der Waals surface area contributed by atoms with E-state index in [1.807, 2.05) is 0 Å². The van der Waals surface area contributed by atoms with Gasteiger partial charge < -0.3 is 4.74 Å². The van der Waals surface area contributed by atoms with Crippen LogP contribution in [0.3, 0.4) is 0 Å². The molecule has 8 heteroatoms. The molecule has 0 aliphatic carbocycles. The molecule has 0 atom stereocenters. The Bertz CT molecular complexity index is 846. The molecule has 0 saturated heterocycles. The molecule has 0 fully saturated rings. The van der Waals surface area contributed by atoms with E-state index >= 15 is 0 Å². The molecule has 0 aliphatic heterocycles. The summed E-state index contributed by atoms with van der Waals surface area (Å²) in [5, 5.41) is 0.718. The second-order valence-corrected chi connectivity index (χ2v) is 8.17. The predicted molar refractivity (Wildman–Crippen MR) is 98.2 cm³/mol. The summed E-state index contributed by atoms with van der Waals surface area (Å²) >= 11 is 12.0. The van der Waals surface area contributed by atoms with Gasteiger partial charge in [0.15, 0.2) is 11.5 Å². The lowest BCUT2D eigenvalue weighted by molar-refractivity contribution is 0.101. The maximum atomic E-state index is 12.5. The summed E-state index contributed by atoms with van der Waals surface area (Å²) in [5.74, 6) is 0.199. The van der Waals surface area contributed by atoms with Crippen LogP contribution in [0.1, 0.15) is 17.3 Å². The summed E-state index contributed by atoms with van der Waals surface area (Å²) in [6, 6.07) is 10.8. The van der Waals surface area contributed by atoms with Crippen molar-refractivity contribution < 1.29 is 17.9 Å². The number of rotatable bonds is 7. The van der Waals surface area contributed by atoms with Gasteiger partial charge in [-0.05, 0) is 31.2 Å². The minimum Gasteiger partial charge on any atom is -0.489 e. The van der Waals surface area contributed by atoms with Crippen LogP contribution in [0.25, 0.3) is 0 Å². The molecular formula is C17H17Cl2NO4S. The van der Waals surface area contributed by atoms with Gasteiger partial charge in [-0.2, -0.15) is 4.31 Å². The van der Waals surface area contributed by atoms with Gasteiger partial charge in [0.25, 0.3) is 0 Å². The number of nitrogens with zero attached hydrogens (tertiary/aromatic N) is 1. The first-order chi connectivity index (χ1) is 11.7. The highest BCUT2D eigenvalue weighted by atomic mass is 35.5. The molecule has 5 nitrogen and oxygen atoms in total. The van der Waals surface area contributed by atoms with Gasteiger partial charge in [0.2, 0.25) is 10.0 Å². The number of para-hydroxylation sites is 1. The zero-order valence-electron chi connectivity index (χ0n) is 13.7. The van der Waals surface area contributed by atoms with E-state index in [-0.39, 0.29) is 23.8 Å².